The summed E-state index contributed by atoms with van der Waals surface area (Å²) in [6.07, 6.45) is 3.21. The van der Waals surface area contributed by atoms with Crippen molar-refractivity contribution >= 4 is 29.1 Å². The Bertz CT molecular complexity index is 927. The lowest BCUT2D eigenvalue weighted by Gasteiger charge is -2.24. The predicted octanol–water partition coefficient (Wildman–Crippen LogP) is 3.97. The largest absolute Gasteiger partial charge is 0.507 e. The molecule has 0 bridgehead atoms. The fourth-order valence-electron chi connectivity index (χ4n) is 3.25. The summed E-state index contributed by atoms with van der Waals surface area (Å²) in [5.74, 6) is -1.27. The Balaban J connectivity index is 2.16. The van der Waals surface area contributed by atoms with E-state index in [1.807, 2.05) is 6.92 Å². The molecule has 1 saturated heterocycles. The molecule has 0 saturated carbocycles. The number of Topliss-reactive ketones (excluding diaryl/α,β-unsaturated/α-hetero) is 1. The van der Waals surface area contributed by atoms with Crippen LogP contribution in [0.2, 0.25) is 5.02 Å². The second kappa shape index (κ2) is 8.44. The summed E-state index contributed by atoms with van der Waals surface area (Å²) in [7, 11) is 1.46. The molecule has 2 heterocycles. The van der Waals surface area contributed by atoms with Gasteiger partial charge in [-0.1, -0.05) is 31.0 Å². The number of carbonyl (C=O) groups excluding carboxylic acids is 2. The number of ether oxygens (including phenoxy) is 1. The Morgan fingerprint density at radius 3 is 2.71 bits per heavy atom. The Morgan fingerprint density at radius 2 is 2.07 bits per heavy atom. The first-order valence-corrected chi connectivity index (χ1v) is 9.40. The van der Waals surface area contributed by atoms with Gasteiger partial charge in [-0.2, -0.15) is 0 Å². The molecule has 1 unspecified atom stereocenters. The Morgan fingerprint density at radius 1 is 1.29 bits per heavy atom. The minimum absolute atomic E-state index is 0.0178. The van der Waals surface area contributed by atoms with Crippen LogP contribution in [-0.4, -0.2) is 40.3 Å². The predicted molar refractivity (Wildman–Crippen MR) is 106 cm³/mol. The van der Waals surface area contributed by atoms with Gasteiger partial charge >= 0.3 is 0 Å². The third kappa shape index (κ3) is 3.60. The second-order valence-corrected chi connectivity index (χ2v) is 6.86. The maximum atomic E-state index is 12.8. The highest BCUT2D eigenvalue weighted by atomic mass is 35.5. The van der Waals surface area contributed by atoms with Crippen molar-refractivity contribution in [3.63, 3.8) is 0 Å². The summed E-state index contributed by atoms with van der Waals surface area (Å²) in [5.41, 5.74) is 0.889. The molecule has 1 amide bonds. The van der Waals surface area contributed by atoms with E-state index in [1.54, 1.807) is 36.5 Å². The van der Waals surface area contributed by atoms with E-state index < -0.39 is 17.7 Å². The van der Waals surface area contributed by atoms with Crippen LogP contribution in [0.1, 0.15) is 37.1 Å². The average Bonchev–Trinajstić information content (AvgIpc) is 2.97. The van der Waals surface area contributed by atoms with Crippen LogP contribution in [0.25, 0.3) is 5.76 Å². The number of nitrogens with zero attached hydrogens (tertiary/aromatic N) is 2. The lowest BCUT2D eigenvalue weighted by molar-refractivity contribution is -0.140. The van der Waals surface area contributed by atoms with Gasteiger partial charge in [0, 0.05) is 18.3 Å². The molecule has 146 valence electrons. The number of unbranched alkanes of at least 4 members (excludes halogenated alkanes) is 1. The number of aromatic nitrogens is 1. The minimum Gasteiger partial charge on any atom is -0.507 e. The normalized spacial score (nSPS) is 18.5. The van der Waals surface area contributed by atoms with Crippen molar-refractivity contribution in [3.05, 3.63) is 64.4 Å². The number of hydrogen-bond donors (Lipinski definition) is 1. The summed E-state index contributed by atoms with van der Waals surface area (Å²) < 4.78 is 5.19. The van der Waals surface area contributed by atoms with Crippen LogP contribution in [0.5, 0.6) is 5.75 Å². The lowest BCUT2D eigenvalue weighted by atomic mass is 9.98. The van der Waals surface area contributed by atoms with Crippen molar-refractivity contribution < 1.29 is 19.4 Å². The zero-order valence-corrected chi connectivity index (χ0v) is 16.4. The molecule has 1 aromatic heterocycles. The molecule has 1 fully saturated rings. The number of carbonyl (C=O) groups is 2. The molecule has 1 atom stereocenters. The van der Waals surface area contributed by atoms with Gasteiger partial charge in [-0.05, 0) is 36.8 Å². The van der Waals surface area contributed by atoms with Crippen LogP contribution in [0, 0.1) is 0 Å². The highest BCUT2D eigenvalue weighted by Gasteiger charge is 2.46. The number of ketones is 1. The Kier molecular flexibility index (Phi) is 5.99. The number of rotatable bonds is 6. The molecule has 6 nitrogen and oxygen atoms in total. The van der Waals surface area contributed by atoms with Crippen LogP contribution < -0.4 is 4.74 Å². The molecule has 1 N–H and O–H groups in total. The van der Waals surface area contributed by atoms with Crippen LogP contribution >= 0.6 is 11.6 Å². The molecule has 7 heteroatoms. The van der Waals surface area contributed by atoms with E-state index in [-0.39, 0.29) is 11.3 Å². The van der Waals surface area contributed by atoms with E-state index in [1.165, 1.54) is 18.1 Å². The highest BCUT2D eigenvalue weighted by molar-refractivity contribution is 6.46. The van der Waals surface area contributed by atoms with E-state index in [0.717, 1.165) is 12.8 Å². The quantitative estimate of drug-likeness (QED) is 0.451. The summed E-state index contributed by atoms with van der Waals surface area (Å²) in [5, 5.41) is 11.3. The summed E-state index contributed by atoms with van der Waals surface area (Å²) >= 11 is 6.06. The number of aliphatic hydroxyl groups excluding tert-OH is 1. The van der Waals surface area contributed by atoms with Gasteiger partial charge in [-0.15, -0.1) is 0 Å². The van der Waals surface area contributed by atoms with Crippen molar-refractivity contribution in [3.8, 4) is 5.75 Å². The van der Waals surface area contributed by atoms with Crippen molar-refractivity contribution in [2.75, 3.05) is 13.7 Å². The van der Waals surface area contributed by atoms with Crippen LogP contribution in [0.3, 0.4) is 0 Å². The number of halogens is 1. The molecule has 1 aliphatic heterocycles. The van der Waals surface area contributed by atoms with Crippen molar-refractivity contribution in [2.24, 2.45) is 0 Å². The van der Waals surface area contributed by atoms with Gasteiger partial charge in [-0.25, -0.2) is 0 Å². The number of benzene rings is 1. The molecule has 0 radical (unpaired) electrons. The zero-order chi connectivity index (χ0) is 20.3. The van der Waals surface area contributed by atoms with E-state index in [2.05, 4.69) is 4.98 Å². The summed E-state index contributed by atoms with van der Waals surface area (Å²) in [4.78, 5) is 31.3. The number of amides is 1. The highest BCUT2D eigenvalue weighted by Crippen LogP contribution is 2.39. The zero-order valence-electron chi connectivity index (χ0n) is 15.7. The average molecular weight is 401 g/mol. The fraction of sp³-hybridized carbons (Fsp3) is 0.286. The Hall–Kier alpha value is -2.86. The molecule has 3 rings (SSSR count). The van der Waals surface area contributed by atoms with E-state index >= 15 is 0 Å². The van der Waals surface area contributed by atoms with Gasteiger partial charge in [0.05, 0.1) is 23.4 Å². The first-order valence-electron chi connectivity index (χ1n) is 9.02. The molecular formula is C21H21ClN2O4. The smallest absolute Gasteiger partial charge is 0.295 e. The number of pyridine rings is 1. The summed E-state index contributed by atoms with van der Waals surface area (Å²) in [6.45, 7) is 2.41. The van der Waals surface area contributed by atoms with E-state index in [9.17, 15) is 14.7 Å². The summed E-state index contributed by atoms with van der Waals surface area (Å²) in [6, 6.07) is 9.22. The monoisotopic (exact) mass is 400 g/mol. The van der Waals surface area contributed by atoms with Crippen LogP contribution in [0.15, 0.2) is 48.2 Å². The molecule has 0 spiro atoms. The van der Waals surface area contributed by atoms with E-state index in [0.29, 0.717) is 28.6 Å². The minimum atomic E-state index is -0.741. The van der Waals surface area contributed by atoms with Crippen molar-refractivity contribution in [2.45, 2.75) is 25.8 Å². The molecular weight excluding hydrogens is 380 g/mol. The number of methoxy groups -OCH3 is 1. The molecule has 1 aromatic carbocycles. The SMILES string of the molecule is CCCCN1C(=O)C(=O)/C(=C(\O)c2ccc(Cl)c(OC)c2)C1c1ccccn1. The van der Waals surface area contributed by atoms with Crippen LogP contribution in [0.4, 0.5) is 0 Å². The lowest BCUT2D eigenvalue weighted by Crippen LogP contribution is -2.31. The fourth-order valence-corrected chi connectivity index (χ4v) is 3.44. The van der Waals surface area contributed by atoms with Gasteiger partial charge in [0.2, 0.25) is 0 Å². The molecule has 1 aliphatic rings. The second-order valence-electron chi connectivity index (χ2n) is 6.45. The molecule has 0 aliphatic carbocycles. The first-order chi connectivity index (χ1) is 13.5. The molecule has 2 aromatic rings. The van der Waals surface area contributed by atoms with Crippen LogP contribution in [-0.2, 0) is 9.59 Å². The number of hydrogen-bond acceptors (Lipinski definition) is 5. The van der Waals surface area contributed by atoms with Gasteiger partial charge in [-0.3, -0.25) is 14.6 Å². The van der Waals surface area contributed by atoms with Gasteiger partial charge in [0.15, 0.2) is 0 Å². The third-order valence-corrected chi connectivity index (χ3v) is 5.00. The van der Waals surface area contributed by atoms with Gasteiger partial charge in [0.1, 0.15) is 17.6 Å². The maximum absolute atomic E-state index is 12.8. The first kappa shape index (κ1) is 19.9. The molecule has 28 heavy (non-hydrogen) atoms. The third-order valence-electron chi connectivity index (χ3n) is 4.69. The number of aliphatic hydroxyl groups is 1. The van der Waals surface area contributed by atoms with E-state index in [4.69, 9.17) is 16.3 Å². The maximum Gasteiger partial charge on any atom is 0.295 e. The Labute approximate surface area is 168 Å². The topological polar surface area (TPSA) is 79.7 Å². The van der Waals surface area contributed by atoms with Crippen molar-refractivity contribution in [1.29, 1.82) is 0 Å². The number of likely N-dealkylation sites (tertiary alicyclic amines) is 1. The van der Waals surface area contributed by atoms with Gasteiger partial charge < -0.3 is 14.7 Å². The van der Waals surface area contributed by atoms with Crippen molar-refractivity contribution in [1.82, 2.24) is 9.88 Å². The standard InChI is InChI=1S/C21H21ClN2O4/c1-3-4-11-24-18(15-7-5-6-10-23-15)17(20(26)21(24)27)19(25)13-8-9-14(22)16(12-13)28-2/h5-10,12,18,25H,3-4,11H2,1-2H3/b19-17-. The van der Waals surface area contributed by atoms with Gasteiger partial charge in [0.25, 0.3) is 11.7 Å².